The zero-order valence-corrected chi connectivity index (χ0v) is 19.3. The van der Waals surface area contributed by atoms with E-state index in [4.69, 9.17) is 14.1 Å². The molecule has 2 aromatic carbocycles. The molecular weight excluding hydrogens is 438 g/mol. The Morgan fingerprint density at radius 1 is 1.15 bits per heavy atom. The molecule has 4 aromatic rings. The number of aryl methyl sites for hydroxylation is 1. The van der Waals surface area contributed by atoms with Crippen LogP contribution in [0.25, 0.3) is 21.2 Å². The Morgan fingerprint density at radius 3 is 2.79 bits per heavy atom. The van der Waals surface area contributed by atoms with Gasteiger partial charge in [0.2, 0.25) is 0 Å². The number of ether oxygens (including phenoxy) is 1. The Balaban J connectivity index is 1.47. The number of nitrogens with zero attached hydrogens (tertiary/aromatic N) is 3. The number of carbonyl (C=O) groups is 1. The number of anilines is 1. The van der Waals surface area contributed by atoms with Crippen LogP contribution in [0.4, 0.5) is 5.13 Å². The number of para-hydroxylation sites is 2. The molecule has 2 aromatic heterocycles. The summed E-state index contributed by atoms with van der Waals surface area (Å²) in [5, 5.41) is 1.07. The monoisotopic (exact) mass is 463 g/mol. The third kappa shape index (κ3) is 4.55. The van der Waals surface area contributed by atoms with Crippen LogP contribution in [0, 0.1) is 6.92 Å². The summed E-state index contributed by atoms with van der Waals surface area (Å²) in [6, 6.07) is 14.3. The van der Waals surface area contributed by atoms with Gasteiger partial charge in [0.1, 0.15) is 5.58 Å². The van der Waals surface area contributed by atoms with Gasteiger partial charge in [-0.25, -0.2) is 4.98 Å². The van der Waals surface area contributed by atoms with Gasteiger partial charge in [-0.1, -0.05) is 35.6 Å². The Morgan fingerprint density at radius 2 is 1.97 bits per heavy atom. The number of benzene rings is 2. The van der Waals surface area contributed by atoms with Crippen molar-refractivity contribution >= 4 is 43.6 Å². The molecule has 1 aliphatic heterocycles. The Kier molecular flexibility index (Phi) is 6.22. The molecule has 1 saturated heterocycles. The van der Waals surface area contributed by atoms with E-state index in [2.05, 4.69) is 4.90 Å². The van der Waals surface area contributed by atoms with Crippen LogP contribution in [0.5, 0.6) is 0 Å². The minimum absolute atomic E-state index is 0.0288. The maximum absolute atomic E-state index is 13.6. The van der Waals surface area contributed by atoms with Gasteiger partial charge in [0.05, 0.1) is 28.8 Å². The van der Waals surface area contributed by atoms with E-state index in [9.17, 15) is 9.59 Å². The highest BCUT2D eigenvalue weighted by Gasteiger charge is 2.25. The van der Waals surface area contributed by atoms with E-state index in [0.29, 0.717) is 22.6 Å². The van der Waals surface area contributed by atoms with E-state index in [-0.39, 0.29) is 17.1 Å². The van der Waals surface area contributed by atoms with E-state index >= 15 is 0 Å². The van der Waals surface area contributed by atoms with Gasteiger partial charge in [0.15, 0.2) is 16.3 Å². The lowest BCUT2D eigenvalue weighted by molar-refractivity contribution is 0.0376. The SMILES string of the molecule is Cc1cccc2sc(N(CCCN3CCOCC3)C(=O)c3cc(=O)c4ccccc4o3)nc12. The van der Waals surface area contributed by atoms with E-state index in [0.717, 1.165) is 55.0 Å². The van der Waals surface area contributed by atoms with Crippen molar-refractivity contribution in [2.45, 2.75) is 13.3 Å². The number of aromatic nitrogens is 1. The van der Waals surface area contributed by atoms with Crippen molar-refractivity contribution in [3.8, 4) is 0 Å². The summed E-state index contributed by atoms with van der Waals surface area (Å²) < 4.78 is 12.3. The van der Waals surface area contributed by atoms with E-state index < -0.39 is 0 Å². The molecule has 8 heteroatoms. The summed E-state index contributed by atoms with van der Waals surface area (Å²) in [6.45, 7) is 6.62. The maximum Gasteiger partial charge on any atom is 0.295 e. The van der Waals surface area contributed by atoms with Gasteiger partial charge >= 0.3 is 0 Å². The third-order valence-electron chi connectivity index (χ3n) is 5.89. The fraction of sp³-hybridized carbons (Fsp3) is 0.320. The largest absolute Gasteiger partial charge is 0.451 e. The summed E-state index contributed by atoms with van der Waals surface area (Å²) in [7, 11) is 0. The molecule has 5 rings (SSSR count). The molecule has 0 spiro atoms. The molecular formula is C25H25N3O4S. The zero-order chi connectivity index (χ0) is 22.8. The van der Waals surface area contributed by atoms with Gasteiger partial charge in [-0.2, -0.15) is 0 Å². The van der Waals surface area contributed by atoms with Crippen molar-refractivity contribution in [3.63, 3.8) is 0 Å². The lowest BCUT2D eigenvalue weighted by Crippen LogP contribution is -2.39. The highest BCUT2D eigenvalue weighted by Crippen LogP contribution is 2.31. The summed E-state index contributed by atoms with van der Waals surface area (Å²) >= 11 is 1.48. The second-order valence-electron chi connectivity index (χ2n) is 8.15. The molecule has 0 unspecified atom stereocenters. The minimum Gasteiger partial charge on any atom is -0.451 e. The standard InChI is InChI=1S/C25H25N3O4S/c1-17-6-4-9-22-23(17)26-25(33-22)28(11-5-10-27-12-14-31-15-13-27)24(30)21-16-19(29)18-7-2-3-8-20(18)32-21/h2-4,6-9,16H,5,10-15H2,1H3. The summed E-state index contributed by atoms with van der Waals surface area (Å²) in [6.07, 6.45) is 0.776. The summed E-state index contributed by atoms with van der Waals surface area (Å²) in [5.41, 5.74) is 2.13. The lowest BCUT2D eigenvalue weighted by Gasteiger charge is -2.27. The molecule has 0 saturated carbocycles. The molecule has 170 valence electrons. The van der Waals surface area contributed by atoms with Crippen LogP contribution in [0.15, 0.2) is 57.7 Å². The molecule has 3 heterocycles. The zero-order valence-electron chi connectivity index (χ0n) is 18.5. The normalized spacial score (nSPS) is 14.7. The fourth-order valence-electron chi connectivity index (χ4n) is 4.09. The van der Waals surface area contributed by atoms with Crippen molar-refractivity contribution < 1.29 is 13.9 Å². The van der Waals surface area contributed by atoms with E-state index in [1.165, 1.54) is 17.4 Å². The lowest BCUT2D eigenvalue weighted by atomic mass is 10.2. The molecule has 7 nitrogen and oxygen atoms in total. The van der Waals surface area contributed by atoms with Crippen molar-refractivity contribution in [1.82, 2.24) is 9.88 Å². The molecule has 1 aliphatic rings. The molecule has 0 N–H and O–H groups in total. The molecule has 1 fully saturated rings. The second-order valence-corrected chi connectivity index (χ2v) is 9.16. The number of carbonyl (C=O) groups excluding carboxylic acids is 1. The van der Waals surface area contributed by atoms with Crippen molar-refractivity contribution in [3.05, 3.63) is 70.1 Å². The number of amides is 1. The van der Waals surface area contributed by atoms with Gasteiger partial charge < -0.3 is 9.15 Å². The number of thiazole rings is 1. The van der Waals surface area contributed by atoms with Crippen LogP contribution < -0.4 is 10.3 Å². The first-order chi connectivity index (χ1) is 16.1. The van der Waals surface area contributed by atoms with Crippen LogP contribution in [-0.2, 0) is 4.74 Å². The van der Waals surface area contributed by atoms with Gasteiger partial charge in [0, 0.05) is 32.2 Å². The fourth-order valence-corrected chi connectivity index (χ4v) is 5.16. The molecule has 1 amide bonds. The van der Waals surface area contributed by atoms with Crippen LogP contribution in [0.2, 0.25) is 0 Å². The Labute approximate surface area is 195 Å². The number of rotatable bonds is 6. The van der Waals surface area contributed by atoms with Crippen molar-refractivity contribution in [2.24, 2.45) is 0 Å². The number of hydrogen-bond acceptors (Lipinski definition) is 7. The molecule has 33 heavy (non-hydrogen) atoms. The topological polar surface area (TPSA) is 75.9 Å². The number of hydrogen-bond donors (Lipinski definition) is 0. The quantitative estimate of drug-likeness (QED) is 0.429. The van der Waals surface area contributed by atoms with Gasteiger partial charge in [-0.3, -0.25) is 19.4 Å². The highest BCUT2D eigenvalue weighted by molar-refractivity contribution is 7.22. The minimum atomic E-state index is -0.350. The van der Waals surface area contributed by atoms with Gasteiger partial charge in [-0.05, 0) is 37.1 Å². The van der Waals surface area contributed by atoms with Crippen LogP contribution in [-0.4, -0.2) is 55.2 Å². The molecule has 0 atom stereocenters. The molecule has 0 radical (unpaired) electrons. The Hall–Kier alpha value is -3.07. The van der Waals surface area contributed by atoms with Crippen molar-refractivity contribution in [2.75, 3.05) is 44.3 Å². The smallest absolute Gasteiger partial charge is 0.295 e. The number of morpholine rings is 1. The first-order valence-corrected chi connectivity index (χ1v) is 11.9. The number of fused-ring (bicyclic) bond motifs is 2. The van der Waals surface area contributed by atoms with Gasteiger partial charge in [-0.15, -0.1) is 0 Å². The Bertz CT molecular complexity index is 1360. The van der Waals surface area contributed by atoms with Gasteiger partial charge in [0.25, 0.3) is 5.91 Å². The van der Waals surface area contributed by atoms with E-state index in [1.54, 1.807) is 29.2 Å². The van der Waals surface area contributed by atoms with Crippen molar-refractivity contribution in [1.29, 1.82) is 0 Å². The first-order valence-electron chi connectivity index (χ1n) is 11.1. The first kappa shape index (κ1) is 21.8. The average molecular weight is 464 g/mol. The highest BCUT2D eigenvalue weighted by atomic mass is 32.1. The maximum atomic E-state index is 13.6. The second kappa shape index (κ2) is 9.43. The van der Waals surface area contributed by atoms with Crippen LogP contribution in [0.1, 0.15) is 22.5 Å². The molecule has 0 aliphatic carbocycles. The van der Waals surface area contributed by atoms with Crippen LogP contribution >= 0.6 is 11.3 Å². The molecule has 0 bridgehead atoms. The predicted octanol–water partition coefficient (Wildman–Crippen LogP) is 4.08. The van der Waals surface area contributed by atoms with E-state index in [1.807, 2.05) is 25.1 Å². The van der Waals surface area contributed by atoms with Crippen LogP contribution in [0.3, 0.4) is 0 Å². The summed E-state index contributed by atoms with van der Waals surface area (Å²) in [5.74, 6) is -0.322. The predicted molar refractivity (Wildman–Crippen MR) is 130 cm³/mol. The average Bonchev–Trinajstić information content (AvgIpc) is 3.27. The summed E-state index contributed by atoms with van der Waals surface area (Å²) in [4.78, 5) is 35.0. The third-order valence-corrected chi connectivity index (χ3v) is 6.93.